The smallest absolute Gasteiger partial charge is 0.264 e. The molecule has 4 rings (SSSR count). The monoisotopic (exact) mass is 435 g/mol. The lowest BCUT2D eigenvalue weighted by Gasteiger charge is -2.09. The van der Waals surface area contributed by atoms with Crippen LogP contribution in [0.25, 0.3) is 11.8 Å². The molecule has 0 saturated carbocycles. The SMILES string of the molecule is CCOc1ccc(N=C2NC(=O)/C(=C/c3cc(C)n(-c4ccc(F)cc4)c3C)S2)cc1. The number of aliphatic imine (C=N–C) groups is 1. The summed E-state index contributed by atoms with van der Waals surface area (Å²) >= 11 is 1.30. The highest BCUT2D eigenvalue weighted by atomic mass is 32.2. The molecule has 0 atom stereocenters. The average Bonchev–Trinajstić information content (AvgIpc) is 3.23. The van der Waals surface area contributed by atoms with Gasteiger partial charge in [0, 0.05) is 17.1 Å². The van der Waals surface area contributed by atoms with Gasteiger partial charge in [0.25, 0.3) is 5.91 Å². The van der Waals surface area contributed by atoms with E-state index in [1.807, 2.05) is 61.7 Å². The van der Waals surface area contributed by atoms with E-state index in [0.717, 1.165) is 34.1 Å². The molecule has 2 heterocycles. The van der Waals surface area contributed by atoms with Gasteiger partial charge in [-0.05, 0) is 98.8 Å². The number of hydrogen-bond donors (Lipinski definition) is 1. The second-order valence-corrected chi connectivity index (χ2v) is 8.08. The van der Waals surface area contributed by atoms with E-state index in [4.69, 9.17) is 4.74 Å². The second-order valence-electron chi connectivity index (χ2n) is 7.05. The number of thioether (sulfide) groups is 1. The molecule has 0 unspecified atom stereocenters. The van der Waals surface area contributed by atoms with Crippen LogP contribution in [-0.4, -0.2) is 22.2 Å². The number of ether oxygens (including phenoxy) is 1. The fourth-order valence-corrected chi connectivity index (χ4v) is 4.28. The Labute approximate surface area is 184 Å². The number of rotatable bonds is 5. The van der Waals surface area contributed by atoms with Crippen molar-refractivity contribution in [2.24, 2.45) is 4.99 Å². The van der Waals surface area contributed by atoms with Crippen molar-refractivity contribution in [2.75, 3.05) is 6.61 Å². The molecule has 7 heteroatoms. The van der Waals surface area contributed by atoms with Crippen LogP contribution in [0.3, 0.4) is 0 Å². The molecule has 2 aromatic carbocycles. The number of aryl methyl sites for hydroxylation is 1. The van der Waals surface area contributed by atoms with Crippen LogP contribution >= 0.6 is 11.8 Å². The summed E-state index contributed by atoms with van der Waals surface area (Å²) in [5.74, 6) is 0.333. The normalized spacial score (nSPS) is 16.2. The maximum atomic E-state index is 13.3. The van der Waals surface area contributed by atoms with E-state index in [0.29, 0.717) is 16.7 Å². The zero-order valence-corrected chi connectivity index (χ0v) is 18.3. The summed E-state index contributed by atoms with van der Waals surface area (Å²) in [4.78, 5) is 17.6. The first kappa shape index (κ1) is 20.9. The Morgan fingerprint density at radius 1 is 1.13 bits per heavy atom. The number of carbonyl (C=O) groups excluding carboxylic acids is 1. The van der Waals surface area contributed by atoms with Crippen molar-refractivity contribution in [1.29, 1.82) is 0 Å². The molecule has 1 fully saturated rings. The van der Waals surface area contributed by atoms with Gasteiger partial charge in [0.15, 0.2) is 5.17 Å². The Balaban J connectivity index is 1.57. The van der Waals surface area contributed by atoms with Crippen LogP contribution in [0, 0.1) is 19.7 Å². The Morgan fingerprint density at radius 2 is 1.84 bits per heavy atom. The van der Waals surface area contributed by atoms with E-state index in [1.165, 1.54) is 23.9 Å². The third-order valence-electron chi connectivity index (χ3n) is 4.87. The van der Waals surface area contributed by atoms with Crippen molar-refractivity contribution >= 4 is 34.6 Å². The standard InChI is InChI=1S/C24H22FN3O2S/c1-4-30-21-11-7-19(8-12-21)26-24-27-23(29)22(31-24)14-17-13-15(2)28(16(17)3)20-9-5-18(25)6-10-20/h5-14H,4H2,1-3H3,(H,26,27,29)/b22-14-. The lowest BCUT2D eigenvalue weighted by molar-refractivity contribution is -0.115. The topological polar surface area (TPSA) is 55.6 Å². The van der Waals surface area contributed by atoms with Gasteiger partial charge >= 0.3 is 0 Å². The van der Waals surface area contributed by atoms with Gasteiger partial charge in [-0.15, -0.1) is 0 Å². The third kappa shape index (κ3) is 4.56. The molecule has 31 heavy (non-hydrogen) atoms. The van der Waals surface area contributed by atoms with E-state index >= 15 is 0 Å². The van der Waals surface area contributed by atoms with Crippen LogP contribution < -0.4 is 10.1 Å². The van der Waals surface area contributed by atoms with Crippen molar-refractivity contribution in [3.05, 3.63) is 82.3 Å². The highest BCUT2D eigenvalue weighted by molar-refractivity contribution is 8.18. The van der Waals surface area contributed by atoms with Crippen LogP contribution in [0.2, 0.25) is 0 Å². The van der Waals surface area contributed by atoms with Gasteiger partial charge < -0.3 is 14.6 Å². The molecule has 0 radical (unpaired) electrons. The highest BCUT2D eigenvalue weighted by Gasteiger charge is 2.24. The lowest BCUT2D eigenvalue weighted by Crippen LogP contribution is -2.19. The summed E-state index contributed by atoms with van der Waals surface area (Å²) in [5, 5.41) is 3.35. The molecular weight excluding hydrogens is 413 g/mol. The van der Waals surface area contributed by atoms with Crippen LogP contribution in [0.4, 0.5) is 10.1 Å². The average molecular weight is 436 g/mol. The van der Waals surface area contributed by atoms with Gasteiger partial charge in [-0.2, -0.15) is 0 Å². The van der Waals surface area contributed by atoms with Crippen molar-refractivity contribution < 1.29 is 13.9 Å². The predicted molar refractivity (Wildman–Crippen MR) is 124 cm³/mol. The molecule has 1 N–H and O–H groups in total. The molecule has 158 valence electrons. The quantitative estimate of drug-likeness (QED) is 0.537. The molecule has 0 aliphatic carbocycles. The lowest BCUT2D eigenvalue weighted by atomic mass is 10.2. The summed E-state index contributed by atoms with van der Waals surface area (Å²) in [6, 6.07) is 15.8. The minimum atomic E-state index is -0.271. The van der Waals surface area contributed by atoms with Crippen molar-refractivity contribution in [3.8, 4) is 11.4 Å². The van der Waals surface area contributed by atoms with Crippen LogP contribution in [0.1, 0.15) is 23.9 Å². The molecule has 1 aliphatic rings. The summed E-state index contributed by atoms with van der Waals surface area (Å²) in [5.41, 5.74) is 4.52. The van der Waals surface area contributed by atoms with Gasteiger partial charge in [0.1, 0.15) is 11.6 Å². The first-order valence-corrected chi connectivity index (χ1v) is 10.7. The zero-order chi connectivity index (χ0) is 22.0. The first-order valence-electron chi connectivity index (χ1n) is 9.92. The number of carbonyl (C=O) groups is 1. The van der Waals surface area contributed by atoms with Crippen molar-refractivity contribution in [3.63, 3.8) is 0 Å². The minimum absolute atomic E-state index is 0.179. The Morgan fingerprint density at radius 3 is 2.52 bits per heavy atom. The fraction of sp³-hybridized carbons (Fsp3) is 0.167. The van der Waals surface area contributed by atoms with E-state index in [-0.39, 0.29) is 11.7 Å². The summed E-state index contributed by atoms with van der Waals surface area (Å²) < 4.78 is 20.8. The minimum Gasteiger partial charge on any atom is -0.494 e. The van der Waals surface area contributed by atoms with E-state index in [1.54, 1.807) is 12.1 Å². The molecule has 0 spiro atoms. The Bertz CT molecular complexity index is 1180. The van der Waals surface area contributed by atoms with Gasteiger partial charge in [-0.1, -0.05) is 0 Å². The second kappa shape index (κ2) is 8.81. The molecule has 3 aromatic rings. The third-order valence-corrected chi connectivity index (χ3v) is 5.78. The first-order chi connectivity index (χ1) is 14.9. The zero-order valence-electron chi connectivity index (χ0n) is 17.5. The Kier molecular flexibility index (Phi) is 5.95. The molecular formula is C24H22FN3O2S. The molecule has 1 aromatic heterocycles. The van der Waals surface area contributed by atoms with Crippen LogP contribution in [0.15, 0.2) is 64.5 Å². The van der Waals surface area contributed by atoms with Crippen LogP contribution in [-0.2, 0) is 4.79 Å². The number of hydrogen-bond acceptors (Lipinski definition) is 4. The van der Waals surface area contributed by atoms with E-state index in [2.05, 4.69) is 10.3 Å². The summed E-state index contributed by atoms with van der Waals surface area (Å²) in [6.07, 6.45) is 1.86. The molecule has 1 saturated heterocycles. The maximum absolute atomic E-state index is 13.3. The highest BCUT2D eigenvalue weighted by Crippen LogP contribution is 2.31. The van der Waals surface area contributed by atoms with Gasteiger partial charge in [0.2, 0.25) is 0 Å². The number of nitrogens with zero attached hydrogens (tertiary/aromatic N) is 2. The molecule has 0 bridgehead atoms. The molecule has 1 amide bonds. The number of nitrogens with one attached hydrogen (secondary N) is 1. The van der Waals surface area contributed by atoms with E-state index in [9.17, 15) is 9.18 Å². The number of halogens is 1. The molecule has 5 nitrogen and oxygen atoms in total. The summed E-state index contributed by atoms with van der Waals surface area (Å²) in [6.45, 7) is 6.51. The number of aromatic nitrogens is 1. The number of amidine groups is 1. The summed E-state index contributed by atoms with van der Waals surface area (Å²) in [7, 11) is 0. The van der Waals surface area contributed by atoms with Gasteiger partial charge in [-0.25, -0.2) is 9.38 Å². The number of benzene rings is 2. The van der Waals surface area contributed by atoms with Crippen LogP contribution in [0.5, 0.6) is 5.75 Å². The van der Waals surface area contributed by atoms with Gasteiger partial charge in [0.05, 0.1) is 17.2 Å². The maximum Gasteiger partial charge on any atom is 0.264 e. The van der Waals surface area contributed by atoms with E-state index < -0.39 is 0 Å². The van der Waals surface area contributed by atoms with Crippen molar-refractivity contribution in [1.82, 2.24) is 9.88 Å². The molecule has 1 aliphatic heterocycles. The fourth-order valence-electron chi connectivity index (χ4n) is 3.44. The van der Waals surface area contributed by atoms with Crippen molar-refractivity contribution in [2.45, 2.75) is 20.8 Å². The van der Waals surface area contributed by atoms with Gasteiger partial charge in [-0.3, -0.25) is 4.79 Å². The largest absolute Gasteiger partial charge is 0.494 e. The Hall–Kier alpha value is -3.32. The number of amides is 1. The predicted octanol–water partition coefficient (Wildman–Crippen LogP) is 5.52.